The molecule has 0 bridgehead atoms. The van der Waals surface area contributed by atoms with Crippen molar-refractivity contribution in [2.75, 3.05) is 50.5 Å². The van der Waals surface area contributed by atoms with E-state index >= 15 is 0 Å². The summed E-state index contributed by atoms with van der Waals surface area (Å²) in [6.07, 6.45) is 3.67. The minimum Gasteiger partial charge on any atom is -0.431 e. The number of halogens is 2. The second kappa shape index (κ2) is 8.16. The molecular formula is C21H26F2N6O2. The lowest BCUT2D eigenvalue weighted by molar-refractivity contribution is -0.0494. The van der Waals surface area contributed by atoms with Crippen LogP contribution in [0.25, 0.3) is 11.3 Å². The minimum atomic E-state index is -2.97. The maximum atomic E-state index is 12.7. The number of nitrogens with two attached hydrogens (primary N) is 1. The highest BCUT2D eigenvalue weighted by Gasteiger charge is 2.45. The van der Waals surface area contributed by atoms with Gasteiger partial charge in [-0.15, -0.1) is 0 Å². The van der Waals surface area contributed by atoms with Crippen molar-refractivity contribution in [3.05, 3.63) is 24.2 Å². The van der Waals surface area contributed by atoms with Gasteiger partial charge in [-0.1, -0.05) is 0 Å². The SMILES string of the molecule is COCCN1C[C@@H]2CN(c3cc(-c4cnc(N)c(OC(F)F)c4)nc(C4CC4)n3)C[C@@H]21. The van der Waals surface area contributed by atoms with Crippen molar-refractivity contribution in [1.82, 2.24) is 19.9 Å². The number of likely N-dealkylation sites (tertiary alicyclic amines) is 1. The zero-order chi connectivity index (χ0) is 21.5. The second-order valence-electron chi connectivity index (χ2n) is 8.45. The molecule has 8 nitrogen and oxygen atoms in total. The maximum Gasteiger partial charge on any atom is 0.387 e. The predicted molar refractivity (Wildman–Crippen MR) is 111 cm³/mol. The van der Waals surface area contributed by atoms with Gasteiger partial charge < -0.3 is 20.1 Å². The van der Waals surface area contributed by atoms with Crippen LogP contribution < -0.4 is 15.4 Å². The van der Waals surface area contributed by atoms with Gasteiger partial charge in [0.25, 0.3) is 0 Å². The third kappa shape index (κ3) is 4.14. The molecule has 10 heteroatoms. The van der Waals surface area contributed by atoms with Gasteiger partial charge in [0.1, 0.15) is 11.6 Å². The number of rotatable bonds is 8. The normalized spacial score (nSPS) is 23.2. The molecule has 2 aromatic heterocycles. The molecule has 0 unspecified atom stereocenters. The Kier molecular flexibility index (Phi) is 5.35. The van der Waals surface area contributed by atoms with Crippen LogP contribution in [0, 0.1) is 5.92 Å². The fraction of sp³-hybridized carbons (Fsp3) is 0.571. The summed E-state index contributed by atoms with van der Waals surface area (Å²) in [5.74, 6) is 2.44. The van der Waals surface area contributed by atoms with E-state index in [4.69, 9.17) is 20.4 Å². The number of fused-ring (bicyclic) bond motifs is 1. The summed E-state index contributed by atoms with van der Waals surface area (Å²) < 4.78 is 35.2. The molecule has 166 valence electrons. The fourth-order valence-electron chi connectivity index (χ4n) is 4.47. The quantitative estimate of drug-likeness (QED) is 0.680. The third-order valence-corrected chi connectivity index (χ3v) is 6.32. The van der Waals surface area contributed by atoms with Crippen molar-refractivity contribution in [3.63, 3.8) is 0 Å². The van der Waals surface area contributed by atoms with Gasteiger partial charge in [0, 0.05) is 69.0 Å². The van der Waals surface area contributed by atoms with Crippen molar-refractivity contribution in [3.8, 4) is 17.0 Å². The van der Waals surface area contributed by atoms with Crippen LogP contribution in [-0.2, 0) is 4.74 Å². The molecule has 0 spiro atoms. The number of methoxy groups -OCH3 is 1. The number of aromatic nitrogens is 3. The van der Waals surface area contributed by atoms with Gasteiger partial charge in [0.05, 0.1) is 12.3 Å². The fourth-order valence-corrected chi connectivity index (χ4v) is 4.47. The van der Waals surface area contributed by atoms with Crippen LogP contribution in [0.4, 0.5) is 20.4 Å². The van der Waals surface area contributed by atoms with Crippen LogP contribution in [0.1, 0.15) is 24.6 Å². The van der Waals surface area contributed by atoms with Crippen LogP contribution >= 0.6 is 0 Å². The largest absolute Gasteiger partial charge is 0.431 e. The molecule has 2 aliphatic heterocycles. The average molecular weight is 432 g/mol. The smallest absolute Gasteiger partial charge is 0.387 e. The molecule has 3 aliphatic rings. The maximum absolute atomic E-state index is 12.7. The minimum absolute atomic E-state index is 0.0759. The van der Waals surface area contributed by atoms with Crippen molar-refractivity contribution in [2.24, 2.45) is 5.92 Å². The summed E-state index contributed by atoms with van der Waals surface area (Å²) in [6.45, 7) is 1.65. The molecule has 3 fully saturated rings. The number of anilines is 2. The summed E-state index contributed by atoms with van der Waals surface area (Å²) in [5.41, 5.74) is 6.92. The van der Waals surface area contributed by atoms with E-state index in [0.717, 1.165) is 57.3 Å². The number of nitrogens with zero attached hydrogens (tertiary/aromatic N) is 5. The van der Waals surface area contributed by atoms with Gasteiger partial charge in [0.2, 0.25) is 0 Å². The second-order valence-corrected chi connectivity index (χ2v) is 8.45. The highest BCUT2D eigenvalue weighted by Crippen LogP contribution is 2.41. The molecule has 1 saturated carbocycles. The third-order valence-electron chi connectivity index (χ3n) is 6.32. The predicted octanol–water partition coefficient (Wildman–Crippen LogP) is 2.37. The van der Waals surface area contributed by atoms with Gasteiger partial charge in [-0.25, -0.2) is 15.0 Å². The van der Waals surface area contributed by atoms with E-state index in [1.165, 1.54) is 12.3 Å². The van der Waals surface area contributed by atoms with Crippen LogP contribution in [0.3, 0.4) is 0 Å². The Morgan fingerprint density at radius 1 is 1.19 bits per heavy atom. The monoisotopic (exact) mass is 432 g/mol. The molecule has 2 aromatic rings. The van der Waals surface area contributed by atoms with E-state index in [0.29, 0.717) is 29.1 Å². The van der Waals surface area contributed by atoms with Crippen molar-refractivity contribution < 1.29 is 18.3 Å². The van der Waals surface area contributed by atoms with Crippen LogP contribution in [0.2, 0.25) is 0 Å². The van der Waals surface area contributed by atoms with E-state index in [2.05, 4.69) is 19.5 Å². The molecule has 31 heavy (non-hydrogen) atoms. The zero-order valence-corrected chi connectivity index (χ0v) is 17.4. The number of ether oxygens (including phenoxy) is 2. The first-order chi connectivity index (χ1) is 15.0. The van der Waals surface area contributed by atoms with Gasteiger partial charge in [-0.2, -0.15) is 8.78 Å². The number of hydrogen-bond donors (Lipinski definition) is 1. The van der Waals surface area contributed by atoms with Crippen LogP contribution in [0.15, 0.2) is 18.3 Å². The highest BCUT2D eigenvalue weighted by atomic mass is 19.3. The summed E-state index contributed by atoms with van der Waals surface area (Å²) >= 11 is 0. The summed E-state index contributed by atoms with van der Waals surface area (Å²) in [7, 11) is 1.73. The Hall–Kier alpha value is -2.59. The van der Waals surface area contributed by atoms with Crippen molar-refractivity contribution >= 4 is 11.6 Å². The van der Waals surface area contributed by atoms with E-state index in [1.807, 2.05) is 6.07 Å². The highest BCUT2D eigenvalue weighted by molar-refractivity contribution is 5.67. The van der Waals surface area contributed by atoms with Crippen molar-refractivity contribution in [1.29, 1.82) is 0 Å². The van der Waals surface area contributed by atoms with E-state index in [-0.39, 0.29) is 11.6 Å². The molecule has 2 N–H and O–H groups in total. The lowest BCUT2D eigenvalue weighted by atomic mass is 9.92. The van der Waals surface area contributed by atoms with E-state index in [9.17, 15) is 8.78 Å². The molecule has 0 amide bonds. The number of pyridine rings is 1. The summed E-state index contributed by atoms with van der Waals surface area (Å²) in [5, 5.41) is 0. The Bertz CT molecular complexity index is 957. The lowest BCUT2D eigenvalue weighted by Crippen LogP contribution is -2.56. The number of nitrogen functional groups attached to an aromatic ring is 1. The molecule has 2 saturated heterocycles. The molecule has 4 heterocycles. The Morgan fingerprint density at radius 3 is 2.77 bits per heavy atom. The van der Waals surface area contributed by atoms with E-state index < -0.39 is 6.61 Å². The van der Waals surface area contributed by atoms with Gasteiger partial charge in [-0.05, 0) is 18.9 Å². The molecule has 0 aromatic carbocycles. The Morgan fingerprint density at radius 2 is 2.03 bits per heavy atom. The zero-order valence-electron chi connectivity index (χ0n) is 17.4. The van der Waals surface area contributed by atoms with Crippen LogP contribution in [-0.4, -0.2) is 72.4 Å². The topological polar surface area (TPSA) is 89.6 Å². The van der Waals surface area contributed by atoms with Gasteiger partial charge >= 0.3 is 6.61 Å². The summed E-state index contributed by atoms with van der Waals surface area (Å²) in [4.78, 5) is 18.3. The van der Waals surface area contributed by atoms with Crippen LogP contribution in [0.5, 0.6) is 5.75 Å². The van der Waals surface area contributed by atoms with Crippen molar-refractivity contribution in [2.45, 2.75) is 31.4 Å². The Labute approximate surface area is 179 Å². The van der Waals surface area contributed by atoms with E-state index in [1.54, 1.807) is 7.11 Å². The first-order valence-corrected chi connectivity index (χ1v) is 10.6. The number of hydrogen-bond acceptors (Lipinski definition) is 8. The first kappa shape index (κ1) is 20.3. The molecule has 5 rings (SSSR count). The standard InChI is InChI=1S/C21H26F2N6O2/c1-30-5-4-28-9-14-10-29(11-16(14)28)18-7-15(26-20(27-18)12-2-3-12)13-6-17(31-21(22)23)19(24)25-8-13/h6-8,12,14,16,21H,2-5,9-11H2,1H3,(H2,24,25)/t14-,16+/m1/s1. The average Bonchev–Trinajstić information content (AvgIpc) is 3.53. The van der Waals surface area contributed by atoms with Gasteiger partial charge in [-0.3, -0.25) is 4.90 Å². The summed E-state index contributed by atoms with van der Waals surface area (Å²) in [6, 6.07) is 3.90. The number of alkyl halides is 2. The Balaban J connectivity index is 1.42. The van der Waals surface area contributed by atoms with Gasteiger partial charge in [0.15, 0.2) is 11.6 Å². The molecular weight excluding hydrogens is 406 g/mol. The molecule has 0 radical (unpaired) electrons. The lowest BCUT2D eigenvalue weighted by Gasteiger charge is -2.43. The first-order valence-electron chi connectivity index (χ1n) is 10.6. The molecule has 2 atom stereocenters. The molecule has 1 aliphatic carbocycles.